The molecule has 0 radical (unpaired) electrons. The van der Waals surface area contributed by atoms with Crippen molar-refractivity contribution in [3.8, 4) is 5.69 Å². The number of hydrogen-bond donors (Lipinski definition) is 2. The molecule has 2 rings (SSSR count). The molecule has 0 aliphatic carbocycles. The summed E-state index contributed by atoms with van der Waals surface area (Å²) in [5.41, 5.74) is 7.24. The highest BCUT2D eigenvalue weighted by Gasteiger charge is 2.10. The van der Waals surface area contributed by atoms with Crippen LogP contribution < -0.4 is 11.1 Å². The molecule has 0 unspecified atom stereocenters. The standard InChI is InChI=1S/C11H11ClN4O/c1-14-11(17)8-5-6-16(15-8)9-4-2-3-7(12)10(9)13/h2-6H,13H2,1H3,(H,14,17). The summed E-state index contributed by atoms with van der Waals surface area (Å²) in [5, 5.41) is 7.08. The van der Waals surface area contributed by atoms with Crippen LogP contribution in [0.15, 0.2) is 30.5 Å². The van der Waals surface area contributed by atoms with Gasteiger partial charge in [-0.3, -0.25) is 4.79 Å². The number of nitrogens with two attached hydrogens (primary N) is 1. The lowest BCUT2D eigenvalue weighted by Crippen LogP contribution is -2.18. The minimum atomic E-state index is -0.246. The summed E-state index contributed by atoms with van der Waals surface area (Å²) in [4.78, 5) is 11.4. The van der Waals surface area contributed by atoms with E-state index in [0.29, 0.717) is 22.1 Å². The molecule has 0 fully saturated rings. The predicted octanol–water partition coefficient (Wildman–Crippen LogP) is 1.47. The van der Waals surface area contributed by atoms with Crippen LogP contribution in [0.1, 0.15) is 10.5 Å². The van der Waals surface area contributed by atoms with E-state index >= 15 is 0 Å². The van der Waals surface area contributed by atoms with Crippen molar-refractivity contribution >= 4 is 23.2 Å². The molecule has 0 saturated carbocycles. The highest BCUT2D eigenvalue weighted by atomic mass is 35.5. The molecule has 0 atom stereocenters. The van der Waals surface area contributed by atoms with E-state index in [-0.39, 0.29) is 5.91 Å². The van der Waals surface area contributed by atoms with Crippen LogP contribution in [0.4, 0.5) is 5.69 Å². The number of nitrogens with one attached hydrogen (secondary N) is 1. The maximum Gasteiger partial charge on any atom is 0.271 e. The Morgan fingerprint density at radius 3 is 2.94 bits per heavy atom. The summed E-state index contributed by atoms with van der Waals surface area (Å²) in [6.07, 6.45) is 1.66. The second kappa shape index (κ2) is 4.47. The van der Waals surface area contributed by atoms with E-state index in [1.165, 1.54) is 4.68 Å². The molecule has 1 heterocycles. The number of carbonyl (C=O) groups excluding carboxylic acids is 1. The Morgan fingerprint density at radius 1 is 1.47 bits per heavy atom. The lowest BCUT2D eigenvalue weighted by Gasteiger charge is -2.06. The van der Waals surface area contributed by atoms with Crippen molar-refractivity contribution in [3.63, 3.8) is 0 Å². The molecule has 0 bridgehead atoms. The van der Waals surface area contributed by atoms with Gasteiger partial charge in [0.15, 0.2) is 5.69 Å². The van der Waals surface area contributed by atoms with Gasteiger partial charge in [-0.25, -0.2) is 4.68 Å². The molecule has 0 saturated heterocycles. The summed E-state index contributed by atoms with van der Waals surface area (Å²) in [6, 6.07) is 6.86. The number of nitrogen functional groups attached to an aromatic ring is 1. The summed E-state index contributed by atoms with van der Waals surface area (Å²) in [6.45, 7) is 0. The Balaban J connectivity index is 2.44. The van der Waals surface area contributed by atoms with E-state index in [1.54, 1.807) is 37.5 Å². The molecule has 88 valence electrons. The normalized spacial score (nSPS) is 10.2. The summed E-state index contributed by atoms with van der Waals surface area (Å²) in [5.74, 6) is -0.246. The predicted molar refractivity (Wildman–Crippen MR) is 66.4 cm³/mol. The molecule has 17 heavy (non-hydrogen) atoms. The van der Waals surface area contributed by atoms with Gasteiger partial charge in [0.05, 0.1) is 16.4 Å². The second-order valence-corrected chi connectivity index (χ2v) is 3.80. The van der Waals surface area contributed by atoms with Crippen LogP contribution in [-0.2, 0) is 0 Å². The molecule has 6 heteroatoms. The first-order chi connectivity index (χ1) is 8.13. The van der Waals surface area contributed by atoms with Gasteiger partial charge in [-0.15, -0.1) is 0 Å². The highest BCUT2D eigenvalue weighted by Crippen LogP contribution is 2.25. The fourth-order valence-electron chi connectivity index (χ4n) is 1.43. The molecule has 0 aliphatic heterocycles. The fraction of sp³-hybridized carbons (Fsp3) is 0.0909. The van der Waals surface area contributed by atoms with Gasteiger partial charge >= 0.3 is 0 Å². The number of hydrogen-bond acceptors (Lipinski definition) is 3. The van der Waals surface area contributed by atoms with Gasteiger partial charge in [0.2, 0.25) is 0 Å². The zero-order valence-electron chi connectivity index (χ0n) is 9.14. The topological polar surface area (TPSA) is 72.9 Å². The summed E-state index contributed by atoms with van der Waals surface area (Å²) >= 11 is 5.91. The molecule has 1 amide bonds. The van der Waals surface area contributed by atoms with Crippen molar-refractivity contribution in [2.75, 3.05) is 12.8 Å². The van der Waals surface area contributed by atoms with Gasteiger partial charge in [-0.1, -0.05) is 17.7 Å². The van der Waals surface area contributed by atoms with Gasteiger partial charge in [0.25, 0.3) is 5.91 Å². The first-order valence-electron chi connectivity index (χ1n) is 4.95. The van der Waals surface area contributed by atoms with Crippen LogP contribution in [-0.4, -0.2) is 22.7 Å². The number of para-hydroxylation sites is 1. The molecule has 0 spiro atoms. The third-order valence-electron chi connectivity index (χ3n) is 2.33. The quantitative estimate of drug-likeness (QED) is 0.793. The lowest BCUT2D eigenvalue weighted by atomic mass is 10.3. The number of nitrogens with zero attached hydrogens (tertiary/aromatic N) is 2. The van der Waals surface area contributed by atoms with Crippen LogP contribution in [0.5, 0.6) is 0 Å². The zero-order chi connectivity index (χ0) is 12.4. The van der Waals surface area contributed by atoms with Crippen molar-refractivity contribution in [1.29, 1.82) is 0 Å². The fourth-order valence-corrected chi connectivity index (χ4v) is 1.60. The van der Waals surface area contributed by atoms with E-state index in [1.807, 2.05) is 0 Å². The lowest BCUT2D eigenvalue weighted by molar-refractivity contribution is 0.0958. The minimum Gasteiger partial charge on any atom is -0.396 e. The monoisotopic (exact) mass is 250 g/mol. The average molecular weight is 251 g/mol. The van der Waals surface area contributed by atoms with Gasteiger partial charge in [0.1, 0.15) is 0 Å². The van der Waals surface area contributed by atoms with Crippen LogP contribution in [0.25, 0.3) is 5.69 Å². The molecule has 5 nitrogen and oxygen atoms in total. The molecule has 2 aromatic rings. The minimum absolute atomic E-state index is 0.246. The molecule has 1 aromatic carbocycles. The Kier molecular flexibility index (Phi) is 3.01. The number of anilines is 1. The summed E-state index contributed by atoms with van der Waals surface area (Å²) in [7, 11) is 1.55. The van der Waals surface area contributed by atoms with E-state index < -0.39 is 0 Å². The van der Waals surface area contributed by atoms with Crippen molar-refractivity contribution < 1.29 is 4.79 Å². The van der Waals surface area contributed by atoms with Gasteiger partial charge in [-0.05, 0) is 18.2 Å². The number of rotatable bonds is 2. The smallest absolute Gasteiger partial charge is 0.271 e. The third-order valence-corrected chi connectivity index (χ3v) is 2.66. The Bertz CT molecular complexity index is 564. The Hall–Kier alpha value is -2.01. The van der Waals surface area contributed by atoms with Crippen LogP contribution >= 0.6 is 11.6 Å². The first kappa shape index (κ1) is 11.5. The van der Waals surface area contributed by atoms with E-state index in [9.17, 15) is 4.79 Å². The van der Waals surface area contributed by atoms with Crippen LogP contribution in [0, 0.1) is 0 Å². The molecular weight excluding hydrogens is 240 g/mol. The van der Waals surface area contributed by atoms with E-state index in [4.69, 9.17) is 17.3 Å². The molecule has 3 N–H and O–H groups in total. The van der Waals surface area contributed by atoms with Gasteiger partial charge in [0, 0.05) is 13.2 Å². The van der Waals surface area contributed by atoms with Crippen molar-refractivity contribution in [2.45, 2.75) is 0 Å². The Morgan fingerprint density at radius 2 is 2.24 bits per heavy atom. The molecule has 1 aromatic heterocycles. The van der Waals surface area contributed by atoms with Crippen molar-refractivity contribution in [1.82, 2.24) is 15.1 Å². The Labute approximate surface area is 103 Å². The van der Waals surface area contributed by atoms with Crippen molar-refractivity contribution in [2.24, 2.45) is 0 Å². The van der Waals surface area contributed by atoms with Crippen molar-refractivity contribution in [3.05, 3.63) is 41.2 Å². The molecule has 0 aliphatic rings. The average Bonchev–Trinajstić information content (AvgIpc) is 2.81. The largest absolute Gasteiger partial charge is 0.396 e. The first-order valence-corrected chi connectivity index (χ1v) is 5.33. The number of halogens is 1. The SMILES string of the molecule is CNC(=O)c1ccn(-c2cccc(Cl)c2N)n1. The van der Waals surface area contributed by atoms with E-state index in [2.05, 4.69) is 10.4 Å². The zero-order valence-corrected chi connectivity index (χ0v) is 9.90. The van der Waals surface area contributed by atoms with Crippen LogP contribution in [0.3, 0.4) is 0 Å². The summed E-state index contributed by atoms with van der Waals surface area (Å²) < 4.78 is 1.52. The second-order valence-electron chi connectivity index (χ2n) is 3.40. The van der Waals surface area contributed by atoms with Gasteiger partial charge in [-0.2, -0.15) is 5.10 Å². The third kappa shape index (κ3) is 2.09. The molecular formula is C11H11ClN4O. The number of aromatic nitrogens is 2. The maximum atomic E-state index is 11.4. The number of amides is 1. The van der Waals surface area contributed by atoms with E-state index in [0.717, 1.165) is 0 Å². The number of carbonyl (C=O) groups is 1. The maximum absolute atomic E-state index is 11.4. The van der Waals surface area contributed by atoms with Gasteiger partial charge < -0.3 is 11.1 Å². The van der Waals surface area contributed by atoms with Crippen LogP contribution in [0.2, 0.25) is 5.02 Å². The number of benzene rings is 1. The highest BCUT2D eigenvalue weighted by molar-refractivity contribution is 6.33.